The SMILES string of the molecule is CC(C)Cc1ccc(C(NCc2nnnn2C2CC2)C(C)C)cc1. The third-order valence-corrected chi connectivity index (χ3v) is 4.58. The second-order valence-corrected chi connectivity index (χ2v) is 7.71. The van der Waals surface area contributed by atoms with Crippen LogP contribution in [0.15, 0.2) is 24.3 Å². The fraction of sp³-hybridized carbons (Fsp3) is 0.632. The minimum absolute atomic E-state index is 0.308. The summed E-state index contributed by atoms with van der Waals surface area (Å²) in [6.45, 7) is 9.74. The van der Waals surface area contributed by atoms with Crippen LogP contribution >= 0.6 is 0 Å². The third kappa shape index (κ3) is 4.20. The van der Waals surface area contributed by atoms with Gasteiger partial charge in [-0.2, -0.15) is 0 Å². The van der Waals surface area contributed by atoms with Crippen molar-refractivity contribution in [2.24, 2.45) is 11.8 Å². The molecule has 1 saturated carbocycles. The summed E-state index contributed by atoms with van der Waals surface area (Å²) in [5.74, 6) is 2.14. The summed E-state index contributed by atoms with van der Waals surface area (Å²) in [5.41, 5.74) is 2.75. The van der Waals surface area contributed by atoms with Crippen molar-refractivity contribution in [3.8, 4) is 0 Å². The highest BCUT2D eigenvalue weighted by Crippen LogP contribution is 2.34. The zero-order valence-electron chi connectivity index (χ0n) is 15.2. The summed E-state index contributed by atoms with van der Waals surface area (Å²) in [5, 5.41) is 15.8. The van der Waals surface area contributed by atoms with Crippen LogP contribution in [0.1, 0.15) is 69.6 Å². The predicted octanol–water partition coefficient (Wildman–Crippen LogP) is 3.69. The first kappa shape index (κ1) is 17.1. The molecular weight excluding hydrogens is 298 g/mol. The summed E-state index contributed by atoms with van der Waals surface area (Å²) in [4.78, 5) is 0. The molecule has 0 bridgehead atoms. The Balaban J connectivity index is 1.66. The minimum atomic E-state index is 0.308. The smallest absolute Gasteiger partial charge is 0.165 e. The Morgan fingerprint density at radius 2 is 1.83 bits per heavy atom. The van der Waals surface area contributed by atoms with Gasteiger partial charge in [0.25, 0.3) is 0 Å². The van der Waals surface area contributed by atoms with E-state index in [1.807, 2.05) is 4.68 Å². The van der Waals surface area contributed by atoms with E-state index in [0.717, 1.165) is 12.2 Å². The van der Waals surface area contributed by atoms with Crippen molar-refractivity contribution in [2.75, 3.05) is 0 Å². The molecule has 0 spiro atoms. The van der Waals surface area contributed by atoms with Crippen LogP contribution in [0.4, 0.5) is 0 Å². The van der Waals surface area contributed by atoms with Gasteiger partial charge in [0.05, 0.1) is 12.6 Å². The lowest BCUT2D eigenvalue weighted by Gasteiger charge is -2.23. The summed E-state index contributed by atoms with van der Waals surface area (Å²) in [6, 6.07) is 9.88. The topological polar surface area (TPSA) is 55.6 Å². The van der Waals surface area contributed by atoms with Gasteiger partial charge in [-0.05, 0) is 52.7 Å². The summed E-state index contributed by atoms with van der Waals surface area (Å²) in [6.07, 6.45) is 3.53. The van der Waals surface area contributed by atoms with Crippen molar-refractivity contribution >= 4 is 0 Å². The molecule has 1 aliphatic carbocycles. The molecule has 1 aromatic heterocycles. The molecule has 1 N–H and O–H groups in total. The van der Waals surface area contributed by atoms with E-state index >= 15 is 0 Å². The molecule has 24 heavy (non-hydrogen) atoms. The van der Waals surface area contributed by atoms with Crippen LogP contribution in [0.25, 0.3) is 0 Å². The van der Waals surface area contributed by atoms with Crippen molar-refractivity contribution < 1.29 is 0 Å². The lowest BCUT2D eigenvalue weighted by molar-refractivity contribution is 0.399. The highest BCUT2D eigenvalue weighted by molar-refractivity contribution is 5.25. The van der Waals surface area contributed by atoms with E-state index in [1.54, 1.807) is 0 Å². The molecule has 0 amide bonds. The average molecular weight is 327 g/mol. The number of tetrazole rings is 1. The van der Waals surface area contributed by atoms with Gasteiger partial charge in [-0.3, -0.25) is 0 Å². The van der Waals surface area contributed by atoms with Crippen LogP contribution in [-0.4, -0.2) is 20.2 Å². The molecule has 0 saturated heterocycles. The van der Waals surface area contributed by atoms with Gasteiger partial charge < -0.3 is 5.32 Å². The van der Waals surface area contributed by atoms with Crippen molar-refractivity contribution in [1.82, 2.24) is 25.5 Å². The number of nitrogens with one attached hydrogen (secondary N) is 1. The van der Waals surface area contributed by atoms with Crippen molar-refractivity contribution in [3.63, 3.8) is 0 Å². The van der Waals surface area contributed by atoms with Crippen LogP contribution in [0, 0.1) is 11.8 Å². The maximum Gasteiger partial charge on any atom is 0.165 e. The molecule has 1 aliphatic rings. The van der Waals surface area contributed by atoms with Gasteiger partial charge in [0, 0.05) is 6.04 Å². The van der Waals surface area contributed by atoms with Gasteiger partial charge in [0.1, 0.15) is 0 Å². The van der Waals surface area contributed by atoms with Crippen LogP contribution in [0.5, 0.6) is 0 Å². The van der Waals surface area contributed by atoms with E-state index < -0.39 is 0 Å². The molecule has 1 fully saturated rings. The quantitative estimate of drug-likeness (QED) is 0.803. The molecule has 3 rings (SSSR count). The van der Waals surface area contributed by atoms with E-state index in [1.165, 1.54) is 24.0 Å². The van der Waals surface area contributed by atoms with Crippen molar-refractivity contribution in [3.05, 3.63) is 41.2 Å². The Hall–Kier alpha value is -1.75. The monoisotopic (exact) mass is 327 g/mol. The molecule has 5 heteroatoms. The summed E-state index contributed by atoms with van der Waals surface area (Å²) in [7, 11) is 0. The van der Waals surface area contributed by atoms with Gasteiger partial charge >= 0.3 is 0 Å². The molecule has 0 radical (unpaired) electrons. The van der Waals surface area contributed by atoms with E-state index in [2.05, 4.69) is 72.8 Å². The highest BCUT2D eigenvalue weighted by Gasteiger charge is 2.28. The molecule has 1 heterocycles. The molecule has 0 aliphatic heterocycles. The van der Waals surface area contributed by atoms with Gasteiger partial charge in [-0.25, -0.2) is 4.68 Å². The number of rotatable bonds is 8. The molecule has 5 nitrogen and oxygen atoms in total. The predicted molar refractivity (Wildman–Crippen MR) is 95.5 cm³/mol. The van der Waals surface area contributed by atoms with Gasteiger partial charge in [-0.15, -0.1) is 5.10 Å². The Labute approximate surface area is 144 Å². The van der Waals surface area contributed by atoms with Crippen LogP contribution < -0.4 is 5.32 Å². The van der Waals surface area contributed by atoms with Gasteiger partial charge in [0.15, 0.2) is 5.82 Å². The standard InChI is InChI=1S/C19H29N5/c1-13(2)11-15-5-7-16(8-6-15)19(14(3)4)20-12-18-21-22-23-24(18)17-9-10-17/h5-8,13-14,17,19-20H,9-12H2,1-4H3. The molecule has 2 aromatic rings. The third-order valence-electron chi connectivity index (χ3n) is 4.58. The van der Waals surface area contributed by atoms with Crippen molar-refractivity contribution in [1.29, 1.82) is 0 Å². The lowest BCUT2D eigenvalue weighted by Crippen LogP contribution is -2.27. The Morgan fingerprint density at radius 1 is 1.12 bits per heavy atom. The summed E-state index contributed by atoms with van der Waals surface area (Å²) >= 11 is 0. The number of benzene rings is 1. The molecule has 1 unspecified atom stereocenters. The van der Waals surface area contributed by atoms with E-state index in [4.69, 9.17) is 0 Å². The van der Waals surface area contributed by atoms with Crippen LogP contribution in [-0.2, 0) is 13.0 Å². The first-order valence-electron chi connectivity index (χ1n) is 9.13. The Bertz CT molecular complexity index is 640. The number of nitrogens with zero attached hydrogens (tertiary/aromatic N) is 4. The fourth-order valence-corrected chi connectivity index (χ4v) is 3.20. The largest absolute Gasteiger partial charge is 0.303 e. The fourth-order valence-electron chi connectivity index (χ4n) is 3.20. The maximum atomic E-state index is 4.19. The first-order valence-corrected chi connectivity index (χ1v) is 9.13. The van der Waals surface area contributed by atoms with Crippen LogP contribution in [0.3, 0.4) is 0 Å². The first-order chi connectivity index (χ1) is 11.5. The van der Waals surface area contributed by atoms with Crippen LogP contribution in [0.2, 0.25) is 0 Å². The zero-order chi connectivity index (χ0) is 17.1. The Morgan fingerprint density at radius 3 is 2.42 bits per heavy atom. The van der Waals surface area contributed by atoms with E-state index in [-0.39, 0.29) is 0 Å². The molecule has 1 atom stereocenters. The van der Waals surface area contributed by atoms with E-state index in [0.29, 0.717) is 30.5 Å². The minimum Gasteiger partial charge on any atom is -0.303 e. The summed E-state index contributed by atoms with van der Waals surface area (Å²) < 4.78 is 1.98. The van der Waals surface area contributed by atoms with Gasteiger partial charge in [-0.1, -0.05) is 52.0 Å². The highest BCUT2D eigenvalue weighted by atomic mass is 15.6. The maximum absolute atomic E-state index is 4.19. The van der Waals surface area contributed by atoms with Gasteiger partial charge in [0.2, 0.25) is 0 Å². The Kier molecular flexibility index (Phi) is 5.29. The zero-order valence-corrected chi connectivity index (χ0v) is 15.2. The molecule has 1 aromatic carbocycles. The van der Waals surface area contributed by atoms with Crippen molar-refractivity contribution in [2.45, 2.75) is 65.6 Å². The normalized spacial score (nSPS) is 16.1. The average Bonchev–Trinajstić information content (AvgIpc) is 3.27. The number of hydrogen-bond acceptors (Lipinski definition) is 4. The number of hydrogen-bond donors (Lipinski definition) is 1. The lowest BCUT2D eigenvalue weighted by atomic mass is 9.94. The van der Waals surface area contributed by atoms with E-state index in [9.17, 15) is 0 Å². The molecule has 130 valence electrons. The second-order valence-electron chi connectivity index (χ2n) is 7.71. The number of aromatic nitrogens is 4. The second kappa shape index (κ2) is 7.43. The molecular formula is C19H29N5.